The highest BCUT2D eigenvalue weighted by Gasteiger charge is 2.06. The van der Waals surface area contributed by atoms with Gasteiger partial charge in [0.15, 0.2) is 0 Å². The van der Waals surface area contributed by atoms with Gasteiger partial charge in [0.1, 0.15) is 0 Å². The zero-order valence-corrected chi connectivity index (χ0v) is 14.3. The van der Waals surface area contributed by atoms with E-state index in [9.17, 15) is 4.79 Å². The summed E-state index contributed by atoms with van der Waals surface area (Å²) in [5.41, 5.74) is 3.58. The van der Waals surface area contributed by atoms with E-state index in [2.05, 4.69) is 10.4 Å². The largest absolute Gasteiger partial charge is 0.376 e. The summed E-state index contributed by atoms with van der Waals surface area (Å²) in [4.78, 5) is 14.2. The van der Waals surface area contributed by atoms with Crippen molar-refractivity contribution < 1.29 is 4.79 Å². The van der Waals surface area contributed by atoms with E-state index in [-0.39, 0.29) is 5.91 Å². The van der Waals surface area contributed by atoms with Gasteiger partial charge in [-0.05, 0) is 30.3 Å². The van der Waals surface area contributed by atoms with Crippen LogP contribution in [0.4, 0.5) is 11.4 Å². The topological polar surface area (TPSA) is 50.2 Å². The molecule has 3 rings (SSSR count). The number of amides is 1. The molecule has 1 N–H and O–H groups in total. The lowest BCUT2D eigenvalue weighted by Crippen LogP contribution is -2.14. The highest BCUT2D eigenvalue weighted by Crippen LogP contribution is 2.23. The molecule has 1 heterocycles. The molecule has 0 aliphatic heterocycles. The summed E-state index contributed by atoms with van der Waals surface area (Å²) < 4.78 is 1.78. The van der Waals surface area contributed by atoms with Gasteiger partial charge in [-0.2, -0.15) is 5.10 Å². The summed E-state index contributed by atoms with van der Waals surface area (Å²) in [6.45, 7) is 0. The molecular formula is C20H20N4O. The van der Waals surface area contributed by atoms with Gasteiger partial charge in [0.05, 0.1) is 23.3 Å². The van der Waals surface area contributed by atoms with Gasteiger partial charge in [-0.15, -0.1) is 0 Å². The van der Waals surface area contributed by atoms with Crippen LogP contribution in [0.1, 0.15) is 5.56 Å². The number of anilines is 2. The monoisotopic (exact) mass is 332 g/mol. The van der Waals surface area contributed by atoms with Crippen molar-refractivity contribution in [3.8, 4) is 5.69 Å². The van der Waals surface area contributed by atoms with Crippen molar-refractivity contribution in [1.82, 2.24) is 9.78 Å². The number of carbonyl (C=O) groups is 1. The molecule has 0 aliphatic rings. The lowest BCUT2D eigenvalue weighted by molar-refractivity contribution is -0.111. The first kappa shape index (κ1) is 16.5. The average molecular weight is 332 g/mol. The van der Waals surface area contributed by atoms with Crippen molar-refractivity contribution in [3.05, 3.63) is 78.6 Å². The second-order valence-electron chi connectivity index (χ2n) is 5.79. The first-order chi connectivity index (χ1) is 12.1. The molecule has 0 fully saturated rings. The van der Waals surface area contributed by atoms with E-state index < -0.39 is 0 Å². The first-order valence-electron chi connectivity index (χ1n) is 7.99. The lowest BCUT2D eigenvalue weighted by atomic mass is 10.2. The van der Waals surface area contributed by atoms with Crippen LogP contribution in [-0.4, -0.2) is 29.8 Å². The van der Waals surface area contributed by atoms with E-state index in [1.807, 2.05) is 79.8 Å². The fraction of sp³-hybridized carbons (Fsp3) is 0.100. The van der Waals surface area contributed by atoms with E-state index >= 15 is 0 Å². The van der Waals surface area contributed by atoms with E-state index in [4.69, 9.17) is 0 Å². The van der Waals surface area contributed by atoms with E-state index in [1.165, 1.54) is 6.08 Å². The van der Waals surface area contributed by atoms with Crippen LogP contribution in [-0.2, 0) is 4.79 Å². The van der Waals surface area contributed by atoms with Crippen molar-refractivity contribution in [2.24, 2.45) is 0 Å². The van der Waals surface area contributed by atoms with Gasteiger partial charge in [-0.25, -0.2) is 4.68 Å². The van der Waals surface area contributed by atoms with Gasteiger partial charge in [0, 0.05) is 31.9 Å². The molecule has 5 nitrogen and oxygen atoms in total. The Kier molecular flexibility index (Phi) is 4.95. The van der Waals surface area contributed by atoms with Crippen LogP contribution in [0.3, 0.4) is 0 Å². The molecule has 0 atom stereocenters. The smallest absolute Gasteiger partial charge is 0.248 e. The molecule has 0 saturated heterocycles. The van der Waals surface area contributed by atoms with Crippen molar-refractivity contribution in [3.63, 3.8) is 0 Å². The Morgan fingerprint density at radius 1 is 1.08 bits per heavy atom. The Bertz CT molecular complexity index is 881. The summed E-state index contributed by atoms with van der Waals surface area (Å²) in [5, 5.41) is 7.22. The number of hydrogen-bond acceptors (Lipinski definition) is 3. The third-order valence-electron chi connectivity index (χ3n) is 3.69. The first-order valence-corrected chi connectivity index (χ1v) is 7.99. The molecule has 0 aliphatic carbocycles. The average Bonchev–Trinajstić information content (AvgIpc) is 3.10. The molecule has 126 valence electrons. The van der Waals surface area contributed by atoms with Gasteiger partial charge >= 0.3 is 0 Å². The SMILES string of the molecule is CN(C)c1ccccc1NC(=O)/C=C/c1cnn(-c2ccccc2)c1. The van der Waals surface area contributed by atoms with Crippen LogP contribution in [0.5, 0.6) is 0 Å². The number of carbonyl (C=O) groups excluding carboxylic acids is 1. The number of hydrogen-bond donors (Lipinski definition) is 1. The highest BCUT2D eigenvalue weighted by molar-refractivity contribution is 6.03. The summed E-state index contributed by atoms with van der Waals surface area (Å²) in [6.07, 6.45) is 6.87. The molecule has 3 aromatic rings. The molecule has 5 heteroatoms. The third-order valence-corrected chi connectivity index (χ3v) is 3.69. The molecule has 0 bridgehead atoms. The fourth-order valence-electron chi connectivity index (χ4n) is 2.46. The number of aromatic nitrogens is 2. The number of nitrogens with one attached hydrogen (secondary N) is 1. The zero-order valence-electron chi connectivity index (χ0n) is 14.3. The molecule has 0 unspecified atom stereocenters. The van der Waals surface area contributed by atoms with E-state index in [0.29, 0.717) is 0 Å². The summed E-state index contributed by atoms with van der Waals surface area (Å²) >= 11 is 0. The van der Waals surface area contributed by atoms with Crippen molar-refractivity contribution >= 4 is 23.4 Å². The van der Waals surface area contributed by atoms with E-state index in [1.54, 1.807) is 17.0 Å². The normalized spacial score (nSPS) is 10.8. The molecule has 0 spiro atoms. The van der Waals surface area contributed by atoms with Crippen LogP contribution in [0, 0.1) is 0 Å². The second kappa shape index (κ2) is 7.49. The molecule has 1 amide bonds. The Morgan fingerprint density at radius 3 is 2.56 bits per heavy atom. The minimum atomic E-state index is -0.179. The third kappa shape index (κ3) is 4.14. The second-order valence-corrected chi connectivity index (χ2v) is 5.79. The predicted octanol–water partition coefficient (Wildman–Crippen LogP) is 3.59. The Morgan fingerprint density at radius 2 is 1.80 bits per heavy atom. The summed E-state index contributed by atoms with van der Waals surface area (Å²) in [6, 6.07) is 17.5. The van der Waals surface area contributed by atoms with Gasteiger partial charge in [-0.3, -0.25) is 4.79 Å². The summed E-state index contributed by atoms with van der Waals surface area (Å²) in [5.74, 6) is -0.179. The van der Waals surface area contributed by atoms with Crippen LogP contribution >= 0.6 is 0 Å². The Balaban J connectivity index is 1.69. The molecule has 2 aromatic carbocycles. The molecule has 0 radical (unpaired) electrons. The number of rotatable bonds is 5. The standard InChI is InChI=1S/C20H20N4O/c1-23(2)19-11-7-6-10-18(19)22-20(25)13-12-16-14-21-24(15-16)17-8-4-3-5-9-17/h3-15H,1-2H3,(H,22,25)/b13-12+. The predicted molar refractivity (Wildman–Crippen MR) is 102 cm³/mol. The van der Waals surface area contributed by atoms with Gasteiger partial charge in [0.25, 0.3) is 0 Å². The minimum Gasteiger partial charge on any atom is -0.376 e. The van der Waals surface area contributed by atoms with E-state index in [0.717, 1.165) is 22.6 Å². The maximum atomic E-state index is 12.2. The van der Waals surface area contributed by atoms with Crippen LogP contribution in [0.15, 0.2) is 73.1 Å². The quantitative estimate of drug-likeness (QED) is 0.727. The number of nitrogens with zero attached hydrogens (tertiary/aromatic N) is 3. The van der Waals surface area contributed by atoms with Crippen molar-refractivity contribution in [1.29, 1.82) is 0 Å². The molecular weight excluding hydrogens is 312 g/mol. The molecule has 25 heavy (non-hydrogen) atoms. The molecule has 0 saturated carbocycles. The van der Waals surface area contributed by atoms with Crippen LogP contribution in [0.25, 0.3) is 11.8 Å². The van der Waals surface area contributed by atoms with Crippen molar-refractivity contribution in [2.75, 3.05) is 24.3 Å². The van der Waals surface area contributed by atoms with Crippen LogP contribution in [0.2, 0.25) is 0 Å². The van der Waals surface area contributed by atoms with Gasteiger partial charge in [-0.1, -0.05) is 30.3 Å². The summed E-state index contributed by atoms with van der Waals surface area (Å²) in [7, 11) is 3.89. The maximum Gasteiger partial charge on any atom is 0.248 e. The van der Waals surface area contributed by atoms with Crippen LogP contribution < -0.4 is 10.2 Å². The molecule has 1 aromatic heterocycles. The highest BCUT2D eigenvalue weighted by atomic mass is 16.1. The maximum absolute atomic E-state index is 12.2. The van der Waals surface area contributed by atoms with Crippen molar-refractivity contribution in [2.45, 2.75) is 0 Å². The minimum absolute atomic E-state index is 0.179. The van der Waals surface area contributed by atoms with Gasteiger partial charge in [0.2, 0.25) is 5.91 Å². The number of benzene rings is 2. The Hall–Kier alpha value is -3.34. The fourth-order valence-corrected chi connectivity index (χ4v) is 2.46. The lowest BCUT2D eigenvalue weighted by Gasteiger charge is -2.17. The number of para-hydroxylation sites is 3. The zero-order chi connectivity index (χ0) is 17.6. The van der Waals surface area contributed by atoms with Gasteiger partial charge < -0.3 is 10.2 Å². The Labute approximate surface area is 147 Å².